The van der Waals surface area contributed by atoms with Crippen LogP contribution in [0.5, 0.6) is 0 Å². The zero-order chi connectivity index (χ0) is 24.7. The number of ether oxygens (including phenoxy) is 1. The molecule has 182 valence electrons. The van der Waals surface area contributed by atoms with Gasteiger partial charge in [-0.3, -0.25) is 19.7 Å². The Bertz CT molecular complexity index is 1140. The van der Waals surface area contributed by atoms with Crippen molar-refractivity contribution in [2.24, 2.45) is 0 Å². The van der Waals surface area contributed by atoms with E-state index >= 15 is 0 Å². The van der Waals surface area contributed by atoms with E-state index < -0.39 is 32.9 Å². The number of nitrogens with zero attached hydrogens (tertiary/aromatic N) is 2. The number of anilines is 1. The Balaban J connectivity index is 1.49. The zero-order valence-electron chi connectivity index (χ0n) is 18.8. The SMILES string of the molecule is CC(OC(=O)CCc1ccc(S(=O)(=O)N2CCCCC2)cc1)C(=O)Nc1cccc([N+](=O)[O-])c1. The number of hydrogen-bond donors (Lipinski definition) is 1. The number of nitro benzene ring substituents is 1. The van der Waals surface area contributed by atoms with Gasteiger partial charge in [0.25, 0.3) is 11.6 Å². The highest BCUT2D eigenvalue weighted by molar-refractivity contribution is 7.89. The van der Waals surface area contributed by atoms with Crippen LogP contribution >= 0.6 is 0 Å². The lowest BCUT2D eigenvalue weighted by Crippen LogP contribution is -2.35. The molecular weight excluding hydrogens is 462 g/mol. The summed E-state index contributed by atoms with van der Waals surface area (Å²) in [7, 11) is -3.51. The van der Waals surface area contributed by atoms with Crippen molar-refractivity contribution in [3.05, 3.63) is 64.2 Å². The van der Waals surface area contributed by atoms with Gasteiger partial charge in [-0.05, 0) is 49.9 Å². The van der Waals surface area contributed by atoms with Gasteiger partial charge in [-0.15, -0.1) is 0 Å². The highest BCUT2D eigenvalue weighted by Crippen LogP contribution is 2.21. The molecule has 0 aromatic heterocycles. The van der Waals surface area contributed by atoms with Crippen LogP contribution in [0.25, 0.3) is 0 Å². The number of esters is 1. The highest BCUT2D eigenvalue weighted by atomic mass is 32.2. The largest absolute Gasteiger partial charge is 0.453 e. The monoisotopic (exact) mass is 489 g/mol. The quantitative estimate of drug-likeness (QED) is 0.324. The summed E-state index contributed by atoms with van der Waals surface area (Å²) in [6.45, 7) is 2.47. The molecule has 0 aliphatic carbocycles. The van der Waals surface area contributed by atoms with E-state index in [9.17, 15) is 28.1 Å². The third-order valence-electron chi connectivity index (χ3n) is 5.50. The van der Waals surface area contributed by atoms with E-state index in [0.717, 1.165) is 24.8 Å². The number of non-ortho nitro benzene ring substituents is 1. The lowest BCUT2D eigenvalue weighted by molar-refractivity contribution is -0.384. The van der Waals surface area contributed by atoms with Gasteiger partial charge in [0.15, 0.2) is 6.10 Å². The van der Waals surface area contributed by atoms with Crippen LogP contribution in [0.4, 0.5) is 11.4 Å². The summed E-state index contributed by atoms with van der Waals surface area (Å²) in [6.07, 6.45) is 2.00. The number of amides is 1. The minimum atomic E-state index is -3.51. The number of nitro groups is 1. The van der Waals surface area contributed by atoms with Gasteiger partial charge >= 0.3 is 5.97 Å². The van der Waals surface area contributed by atoms with Crippen LogP contribution in [-0.4, -0.2) is 48.7 Å². The van der Waals surface area contributed by atoms with Crippen molar-refractivity contribution < 1.29 is 27.7 Å². The van der Waals surface area contributed by atoms with Crippen molar-refractivity contribution in [2.45, 2.75) is 50.0 Å². The molecule has 1 saturated heterocycles. The number of rotatable bonds is 9. The second-order valence-electron chi connectivity index (χ2n) is 8.04. The first kappa shape index (κ1) is 25.3. The Morgan fingerprint density at radius 1 is 1.12 bits per heavy atom. The van der Waals surface area contributed by atoms with Crippen molar-refractivity contribution >= 4 is 33.3 Å². The molecule has 1 aliphatic rings. The van der Waals surface area contributed by atoms with Crippen molar-refractivity contribution in [3.63, 3.8) is 0 Å². The lowest BCUT2D eigenvalue weighted by Gasteiger charge is -2.25. The fourth-order valence-corrected chi connectivity index (χ4v) is 5.10. The van der Waals surface area contributed by atoms with Gasteiger partial charge in [-0.1, -0.05) is 24.6 Å². The summed E-state index contributed by atoms with van der Waals surface area (Å²) >= 11 is 0. The Morgan fingerprint density at radius 3 is 2.44 bits per heavy atom. The maximum Gasteiger partial charge on any atom is 0.306 e. The second-order valence-corrected chi connectivity index (χ2v) is 9.98. The van der Waals surface area contributed by atoms with Gasteiger partial charge in [0.1, 0.15) is 0 Å². The lowest BCUT2D eigenvalue weighted by atomic mass is 10.1. The van der Waals surface area contributed by atoms with E-state index in [1.54, 1.807) is 24.3 Å². The maximum atomic E-state index is 12.7. The van der Waals surface area contributed by atoms with Crippen molar-refractivity contribution in [1.29, 1.82) is 0 Å². The van der Waals surface area contributed by atoms with Crippen LogP contribution < -0.4 is 5.32 Å². The molecule has 0 spiro atoms. The first-order valence-corrected chi connectivity index (χ1v) is 12.4. The Kier molecular flexibility index (Phi) is 8.35. The first-order chi connectivity index (χ1) is 16.2. The number of piperidine rings is 1. The molecule has 1 heterocycles. The molecule has 0 bridgehead atoms. The summed E-state index contributed by atoms with van der Waals surface area (Å²) < 4.78 is 32.1. The Morgan fingerprint density at radius 2 is 1.79 bits per heavy atom. The molecule has 1 atom stereocenters. The maximum absolute atomic E-state index is 12.7. The summed E-state index contributed by atoms with van der Waals surface area (Å²) in [4.78, 5) is 34.9. The summed E-state index contributed by atoms with van der Waals surface area (Å²) in [5, 5.41) is 13.3. The zero-order valence-corrected chi connectivity index (χ0v) is 19.6. The van der Waals surface area contributed by atoms with E-state index in [1.807, 2.05) is 0 Å². The fourth-order valence-electron chi connectivity index (χ4n) is 3.58. The summed E-state index contributed by atoms with van der Waals surface area (Å²) in [5.74, 6) is -1.20. The van der Waals surface area contributed by atoms with E-state index in [4.69, 9.17) is 4.74 Å². The molecule has 1 amide bonds. The van der Waals surface area contributed by atoms with Gasteiger partial charge in [-0.2, -0.15) is 4.31 Å². The minimum absolute atomic E-state index is 0.00660. The molecule has 2 aromatic rings. The van der Waals surface area contributed by atoms with Gasteiger partial charge in [0.05, 0.1) is 9.82 Å². The van der Waals surface area contributed by atoms with Gasteiger partial charge in [0, 0.05) is 37.3 Å². The topological polar surface area (TPSA) is 136 Å². The van der Waals surface area contributed by atoms with Crippen LogP contribution in [0.3, 0.4) is 0 Å². The predicted octanol–water partition coefficient (Wildman–Crippen LogP) is 3.27. The highest BCUT2D eigenvalue weighted by Gasteiger charge is 2.25. The van der Waals surface area contributed by atoms with Crippen LogP contribution in [0.2, 0.25) is 0 Å². The molecular formula is C23H27N3O7S. The van der Waals surface area contributed by atoms with Crippen LogP contribution in [0.1, 0.15) is 38.2 Å². The molecule has 1 aliphatic heterocycles. The number of sulfonamides is 1. The number of aryl methyl sites for hydroxylation is 1. The molecule has 0 saturated carbocycles. The Labute approximate surface area is 198 Å². The van der Waals surface area contributed by atoms with Gasteiger partial charge in [-0.25, -0.2) is 8.42 Å². The van der Waals surface area contributed by atoms with E-state index in [0.29, 0.717) is 19.5 Å². The standard InChI is InChI=1S/C23H27N3O7S/c1-17(23(28)24-19-6-5-7-20(16-19)26(29)30)33-22(27)13-10-18-8-11-21(12-9-18)34(31,32)25-14-3-2-4-15-25/h5-9,11-12,16-17H,2-4,10,13-15H2,1H3,(H,24,28). The summed E-state index contributed by atoms with van der Waals surface area (Å²) in [6, 6.07) is 11.9. The van der Waals surface area contributed by atoms with Gasteiger partial charge in [0.2, 0.25) is 10.0 Å². The molecule has 2 aromatic carbocycles. The van der Waals surface area contributed by atoms with E-state index in [-0.39, 0.29) is 22.7 Å². The normalized spacial score (nSPS) is 15.3. The van der Waals surface area contributed by atoms with E-state index in [1.165, 1.54) is 35.5 Å². The number of nitrogens with one attached hydrogen (secondary N) is 1. The van der Waals surface area contributed by atoms with Crippen LogP contribution in [0.15, 0.2) is 53.4 Å². The first-order valence-electron chi connectivity index (χ1n) is 11.0. The molecule has 1 N–H and O–H groups in total. The third kappa shape index (κ3) is 6.61. The smallest absolute Gasteiger partial charge is 0.306 e. The molecule has 11 heteroatoms. The van der Waals surface area contributed by atoms with E-state index in [2.05, 4.69) is 5.32 Å². The second kappa shape index (κ2) is 11.2. The molecule has 34 heavy (non-hydrogen) atoms. The van der Waals surface area contributed by atoms with Crippen LogP contribution in [-0.2, 0) is 30.8 Å². The molecule has 1 unspecified atom stereocenters. The average Bonchev–Trinajstić information content (AvgIpc) is 2.83. The number of carbonyl (C=O) groups is 2. The predicted molar refractivity (Wildman–Crippen MR) is 125 cm³/mol. The minimum Gasteiger partial charge on any atom is -0.453 e. The molecule has 10 nitrogen and oxygen atoms in total. The number of hydrogen-bond acceptors (Lipinski definition) is 7. The Hall–Kier alpha value is -3.31. The van der Waals surface area contributed by atoms with Crippen molar-refractivity contribution in [2.75, 3.05) is 18.4 Å². The van der Waals surface area contributed by atoms with Gasteiger partial charge < -0.3 is 10.1 Å². The molecule has 1 fully saturated rings. The number of carbonyl (C=O) groups excluding carboxylic acids is 2. The number of benzene rings is 2. The van der Waals surface area contributed by atoms with Crippen LogP contribution in [0, 0.1) is 10.1 Å². The third-order valence-corrected chi connectivity index (χ3v) is 7.41. The van der Waals surface area contributed by atoms with Crippen molar-refractivity contribution in [3.8, 4) is 0 Å². The van der Waals surface area contributed by atoms with Crippen molar-refractivity contribution in [1.82, 2.24) is 4.31 Å². The molecule has 3 rings (SSSR count). The molecule has 0 radical (unpaired) electrons. The summed E-state index contributed by atoms with van der Waals surface area (Å²) in [5.41, 5.74) is 0.821. The average molecular weight is 490 g/mol. The fraction of sp³-hybridized carbons (Fsp3) is 0.391.